The number of likely N-dealkylation sites (tertiary alicyclic amines) is 1. The molecular formula is C26H30N6O3. The molecular weight excluding hydrogens is 444 g/mol. The second-order valence-corrected chi connectivity index (χ2v) is 9.36. The number of hydrogen-bond donors (Lipinski definition) is 2. The van der Waals surface area contributed by atoms with Gasteiger partial charge in [0.1, 0.15) is 17.8 Å². The van der Waals surface area contributed by atoms with E-state index in [2.05, 4.69) is 37.8 Å². The second-order valence-electron chi connectivity index (χ2n) is 9.36. The summed E-state index contributed by atoms with van der Waals surface area (Å²) in [7, 11) is 0. The first-order valence-corrected chi connectivity index (χ1v) is 12.0. The van der Waals surface area contributed by atoms with Crippen molar-refractivity contribution >= 4 is 34.4 Å². The number of carbonyl (C=O) groups is 2. The van der Waals surface area contributed by atoms with Gasteiger partial charge in [-0.3, -0.25) is 9.59 Å². The summed E-state index contributed by atoms with van der Waals surface area (Å²) in [6.07, 6.45) is 4.16. The van der Waals surface area contributed by atoms with Crippen molar-refractivity contribution in [2.24, 2.45) is 5.41 Å². The zero-order valence-corrected chi connectivity index (χ0v) is 19.9. The van der Waals surface area contributed by atoms with Gasteiger partial charge in [-0.05, 0) is 42.7 Å². The Kier molecular flexibility index (Phi) is 6.25. The summed E-state index contributed by atoms with van der Waals surface area (Å²) in [6.45, 7) is 9.63. The predicted octanol–water partition coefficient (Wildman–Crippen LogP) is 3.21. The van der Waals surface area contributed by atoms with Gasteiger partial charge in [0.05, 0.1) is 24.0 Å². The van der Waals surface area contributed by atoms with E-state index in [9.17, 15) is 9.59 Å². The summed E-state index contributed by atoms with van der Waals surface area (Å²) < 4.78 is 5.47. The van der Waals surface area contributed by atoms with Gasteiger partial charge in [-0.15, -0.1) is 0 Å². The first-order chi connectivity index (χ1) is 17.0. The molecule has 2 aliphatic rings. The molecule has 0 bridgehead atoms. The molecule has 5 rings (SSSR count). The molecule has 4 heterocycles. The summed E-state index contributed by atoms with van der Waals surface area (Å²) in [5.41, 5.74) is 2.97. The smallest absolute Gasteiger partial charge is 0.245 e. The second kappa shape index (κ2) is 9.50. The number of aromatic amines is 1. The lowest BCUT2D eigenvalue weighted by molar-refractivity contribution is -0.134. The lowest BCUT2D eigenvalue weighted by Gasteiger charge is -2.37. The fourth-order valence-electron chi connectivity index (χ4n) is 4.70. The van der Waals surface area contributed by atoms with Gasteiger partial charge in [0.2, 0.25) is 11.8 Å². The van der Waals surface area contributed by atoms with E-state index >= 15 is 0 Å². The number of fused-ring (bicyclic) bond motifs is 1. The molecule has 2 amide bonds. The Morgan fingerprint density at radius 1 is 1.11 bits per heavy atom. The molecule has 0 radical (unpaired) electrons. The van der Waals surface area contributed by atoms with Crippen LogP contribution in [0.15, 0.2) is 49.3 Å². The molecule has 1 aromatic carbocycles. The van der Waals surface area contributed by atoms with Crippen LogP contribution < -0.4 is 10.2 Å². The summed E-state index contributed by atoms with van der Waals surface area (Å²) >= 11 is 0. The standard InChI is InChI=1S/C26H30N6O3/c1-3-22(33)31-10-8-26(2,9-11-31)25(34)29-19-6-4-18(5-7-19)21-16-20-23(30-21)27-17-28-24(20)32-12-14-35-15-13-32/h3-7,16-17H,1,8-15H2,2H3,(H,29,34)(H,27,28,30). The number of H-pyrrole nitrogens is 1. The first-order valence-electron chi connectivity index (χ1n) is 12.0. The fraction of sp³-hybridized carbons (Fsp3) is 0.385. The minimum atomic E-state index is -0.512. The number of ether oxygens (including phenoxy) is 1. The van der Waals surface area contributed by atoms with Crippen LogP contribution in [0.2, 0.25) is 0 Å². The molecule has 2 N–H and O–H groups in total. The molecule has 182 valence electrons. The highest BCUT2D eigenvalue weighted by molar-refractivity contribution is 5.96. The Morgan fingerprint density at radius 3 is 2.51 bits per heavy atom. The van der Waals surface area contributed by atoms with Gasteiger partial charge in [-0.25, -0.2) is 9.97 Å². The maximum absolute atomic E-state index is 13.0. The molecule has 0 saturated carbocycles. The highest BCUT2D eigenvalue weighted by Crippen LogP contribution is 2.33. The number of hydrogen-bond acceptors (Lipinski definition) is 6. The fourth-order valence-corrected chi connectivity index (χ4v) is 4.70. The van der Waals surface area contributed by atoms with Crippen molar-refractivity contribution in [3.8, 4) is 11.3 Å². The van der Waals surface area contributed by atoms with Gasteiger partial charge >= 0.3 is 0 Å². The van der Waals surface area contributed by atoms with E-state index in [4.69, 9.17) is 4.74 Å². The van der Waals surface area contributed by atoms with Crippen LogP contribution in [-0.4, -0.2) is 71.1 Å². The SMILES string of the molecule is C=CC(=O)N1CCC(C)(C(=O)Nc2ccc(-c3cc4c(N5CCOCC5)ncnc4[nH]3)cc2)CC1. The number of nitrogens with one attached hydrogen (secondary N) is 2. The Labute approximate surface area is 204 Å². The van der Waals surface area contributed by atoms with E-state index in [-0.39, 0.29) is 11.8 Å². The minimum absolute atomic E-state index is 0.0213. The van der Waals surface area contributed by atoms with Crippen molar-refractivity contribution in [3.63, 3.8) is 0 Å². The van der Waals surface area contributed by atoms with Crippen LogP contribution in [0.1, 0.15) is 19.8 Å². The van der Waals surface area contributed by atoms with Crippen molar-refractivity contribution in [1.29, 1.82) is 0 Å². The van der Waals surface area contributed by atoms with Crippen molar-refractivity contribution in [3.05, 3.63) is 49.3 Å². The van der Waals surface area contributed by atoms with Crippen LogP contribution in [0.4, 0.5) is 11.5 Å². The monoisotopic (exact) mass is 474 g/mol. The molecule has 0 spiro atoms. The van der Waals surface area contributed by atoms with Gasteiger partial charge in [-0.2, -0.15) is 0 Å². The largest absolute Gasteiger partial charge is 0.378 e. The van der Waals surface area contributed by atoms with Gasteiger partial charge in [0.25, 0.3) is 0 Å². The van der Waals surface area contributed by atoms with Crippen molar-refractivity contribution in [2.45, 2.75) is 19.8 Å². The van der Waals surface area contributed by atoms with E-state index in [1.54, 1.807) is 11.2 Å². The summed E-state index contributed by atoms with van der Waals surface area (Å²) in [5.74, 6) is 0.814. The Balaban J connectivity index is 1.28. The normalized spacial score (nSPS) is 17.9. The zero-order valence-electron chi connectivity index (χ0n) is 19.9. The first kappa shape index (κ1) is 23.0. The lowest BCUT2D eigenvalue weighted by atomic mass is 9.79. The van der Waals surface area contributed by atoms with E-state index < -0.39 is 5.41 Å². The average Bonchev–Trinajstić information content (AvgIpc) is 3.34. The maximum atomic E-state index is 13.0. The number of benzene rings is 1. The van der Waals surface area contributed by atoms with Crippen molar-refractivity contribution in [1.82, 2.24) is 19.9 Å². The van der Waals surface area contributed by atoms with Crippen LogP contribution in [0.5, 0.6) is 0 Å². The highest BCUT2D eigenvalue weighted by atomic mass is 16.5. The van der Waals surface area contributed by atoms with Gasteiger partial charge < -0.3 is 24.8 Å². The van der Waals surface area contributed by atoms with Crippen LogP contribution in [0, 0.1) is 5.41 Å². The van der Waals surface area contributed by atoms with Crippen LogP contribution >= 0.6 is 0 Å². The Bertz CT molecular complexity index is 1240. The molecule has 0 unspecified atom stereocenters. The lowest BCUT2D eigenvalue weighted by Crippen LogP contribution is -2.46. The zero-order chi connectivity index (χ0) is 24.4. The number of carbonyl (C=O) groups excluding carboxylic acids is 2. The van der Waals surface area contributed by atoms with Crippen molar-refractivity contribution in [2.75, 3.05) is 49.6 Å². The number of morpholine rings is 1. The van der Waals surface area contributed by atoms with Gasteiger partial charge in [0.15, 0.2) is 0 Å². The number of amides is 2. The molecule has 2 fully saturated rings. The van der Waals surface area contributed by atoms with E-state index in [1.807, 2.05) is 31.2 Å². The maximum Gasteiger partial charge on any atom is 0.245 e. The van der Waals surface area contributed by atoms with Crippen molar-refractivity contribution < 1.29 is 14.3 Å². The molecule has 35 heavy (non-hydrogen) atoms. The van der Waals surface area contributed by atoms with E-state index in [0.717, 1.165) is 46.9 Å². The summed E-state index contributed by atoms with van der Waals surface area (Å²) in [6, 6.07) is 9.86. The minimum Gasteiger partial charge on any atom is -0.378 e. The molecule has 0 atom stereocenters. The topological polar surface area (TPSA) is 103 Å². The Hall–Kier alpha value is -3.72. The number of aromatic nitrogens is 3. The number of rotatable bonds is 5. The van der Waals surface area contributed by atoms with Crippen LogP contribution in [-0.2, 0) is 14.3 Å². The molecule has 2 aromatic heterocycles. The van der Waals surface area contributed by atoms with E-state index in [1.165, 1.54) is 6.08 Å². The van der Waals surface area contributed by atoms with Crippen LogP contribution in [0.25, 0.3) is 22.3 Å². The molecule has 9 heteroatoms. The molecule has 2 aliphatic heterocycles. The van der Waals surface area contributed by atoms with Gasteiger partial charge in [0, 0.05) is 37.6 Å². The van der Waals surface area contributed by atoms with Crippen LogP contribution in [0.3, 0.4) is 0 Å². The number of nitrogens with zero attached hydrogens (tertiary/aromatic N) is 4. The Morgan fingerprint density at radius 2 is 1.83 bits per heavy atom. The highest BCUT2D eigenvalue weighted by Gasteiger charge is 2.37. The molecule has 3 aromatic rings. The molecule has 0 aliphatic carbocycles. The third-order valence-corrected chi connectivity index (χ3v) is 7.07. The molecule has 9 nitrogen and oxygen atoms in total. The summed E-state index contributed by atoms with van der Waals surface area (Å²) in [4.78, 5) is 41.1. The number of anilines is 2. The predicted molar refractivity (Wildman–Crippen MR) is 135 cm³/mol. The molecule has 2 saturated heterocycles. The van der Waals surface area contributed by atoms with E-state index in [0.29, 0.717) is 39.1 Å². The summed E-state index contributed by atoms with van der Waals surface area (Å²) in [5, 5.41) is 4.04. The van der Waals surface area contributed by atoms with Gasteiger partial charge in [-0.1, -0.05) is 25.6 Å². The number of piperidine rings is 1. The third kappa shape index (κ3) is 4.64. The third-order valence-electron chi connectivity index (χ3n) is 7.07. The average molecular weight is 475 g/mol. The quantitative estimate of drug-likeness (QED) is 0.551.